The predicted molar refractivity (Wildman–Crippen MR) is 61.8 cm³/mol. The highest BCUT2D eigenvalue weighted by Gasteiger charge is 2.29. The molecule has 17 heavy (non-hydrogen) atoms. The molecule has 1 atom stereocenters. The third-order valence-corrected chi connectivity index (χ3v) is 4.19. The summed E-state index contributed by atoms with van der Waals surface area (Å²) < 4.78 is 23.8. The molecule has 1 aromatic rings. The summed E-state index contributed by atoms with van der Waals surface area (Å²) in [5, 5.41) is 5.13. The van der Waals surface area contributed by atoms with Crippen molar-refractivity contribution >= 4 is 16.0 Å². The molecule has 1 heterocycles. The first-order chi connectivity index (χ1) is 7.80. The Morgan fingerprint density at radius 1 is 1.41 bits per heavy atom. The number of carbonyl (C=O) groups excluding carboxylic acids is 1. The second-order valence-corrected chi connectivity index (χ2v) is 5.81. The Labute approximate surface area is 100 Å². The lowest BCUT2D eigenvalue weighted by Crippen LogP contribution is -2.24. The van der Waals surface area contributed by atoms with Gasteiger partial charge in [0.2, 0.25) is 0 Å². The number of hydrogen-bond acceptors (Lipinski definition) is 4. The summed E-state index contributed by atoms with van der Waals surface area (Å²) in [5.74, 6) is 0.584. The van der Waals surface area contributed by atoms with Crippen LogP contribution in [0.1, 0.15) is 42.4 Å². The predicted octanol–water partition coefficient (Wildman–Crippen LogP) is 0.388. The molecule has 94 valence electrons. The zero-order valence-electron chi connectivity index (χ0n) is 9.80. The molecular formula is C10H15N3O3S. The van der Waals surface area contributed by atoms with Gasteiger partial charge < -0.3 is 0 Å². The fraction of sp³-hybridized carbons (Fsp3) is 0.600. The van der Waals surface area contributed by atoms with Gasteiger partial charge >= 0.3 is 10.2 Å². The van der Waals surface area contributed by atoms with Crippen molar-refractivity contribution in [3.05, 3.63) is 17.2 Å². The third kappa shape index (κ3) is 2.12. The van der Waals surface area contributed by atoms with Crippen molar-refractivity contribution in [3.8, 4) is 0 Å². The standard InChI is InChI=1S/C10H15N3O3S/c1-6-10(8-3-4-9(14)5-8)12-7(2)13(6)17(11,15)16/h8H,3-5H2,1-2H3,(H2,11,15,16). The van der Waals surface area contributed by atoms with E-state index in [0.29, 0.717) is 30.1 Å². The van der Waals surface area contributed by atoms with Gasteiger partial charge in [0, 0.05) is 18.8 Å². The van der Waals surface area contributed by atoms with Gasteiger partial charge in [-0.3, -0.25) is 4.79 Å². The van der Waals surface area contributed by atoms with Crippen molar-refractivity contribution < 1.29 is 13.2 Å². The number of aryl methyl sites for hydroxylation is 1. The lowest BCUT2D eigenvalue weighted by Gasteiger charge is -2.07. The number of nitrogens with two attached hydrogens (primary N) is 1. The summed E-state index contributed by atoms with van der Waals surface area (Å²) >= 11 is 0. The van der Waals surface area contributed by atoms with Crippen LogP contribution in [0.25, 0.3) is 0 Å². The molecule has 1 unspecified atom stereocenters. The van der Waals surface area contributed by atoms with Crippen LogP contribution in [0.2, 0.25) is 0 Å². The molecule has 6 nitrogen and oxygen atoms in total. The van der Waals surface area contributed by atoms with Gasteiger partial charge in [0.15, 0.2) is 0 Å². The van der Waals surface area contributed by atoms with Gasteiger partial charge in [0.1, 0.15) is 11.6 Å². The van der Waals surface area contributed by atoms with Gasteiger partial charge in [0.25, 0.3) is 0 Å². The van der Waals surface area contributed by atoms with Crippen LogP contribution in [0, 0.1) is 13.8 Å². The molecule has 1 saturated carbocycles. The Bertz CT molecular complexity index is 574. The topological polar surface area (TPSA) is 95.0 Å². The SMILES string of the molecule is Cc1nc(C2CCC(=O)C2)c(C)n1S(N)(=O)=O. The van der Waals surface area contributed by atoms with Gasteiger partial charge in [-0.15, -0.1) is 0 Å². The Hall–Kier alpha value is -1.21. The molecule has 1 fully saturated rings. The average molecular weight is 257 g/mol. The first kappa shape index (κ1) is 12.3. The highest BCUT2D eigenvalue weighted by atomic mass is 32.2. The fourth-order valence-electron chi connectivity index (χ4n) is 2.46. The number of ketones is 1. The summed E-state index contributed by atoms with van der Waals surface area (Å²) in [4.78, 5) is 15.5. The molecule has 7 heteroatoms. The van der Waals surface area contributed by atoms with Crippen LogP contribution in [0.4, 0.5) is 0 Å². The van der Waals surface area contributed by atoms with Crippen molar-refractivity contribution in [2.45, 2.75) is 39.0 Å². The van der Waals surface area contributed by atoms with E-state index in [4.69, 9.17) is 5.14 Å². The van der Waals surface area contributed by atoms with Crippen molar-refractivity contribution in [2.24, 2.45) is 5.14 Å². The second kappa shape index (κ2) is 3.92. The van der Waals surface area contributed by atoms with E-state index in [1.165, 1.54) is 0 Å². The van der Waals surface area contributed by atoms with Gasteiger partial charge in [-0.25, -0.2) is 14.1 Å². The Morgan fingerprint density at radius 2 is 2.06 bits per heavy atom. The number of hydrogen-bond donors (Lipinski definition) is 1. The van der Waals surface area contributed by atoms with E-state index in [-0.39, 0.29) is 11.7 Å². The van der Waals surface area contributed by atoms with Crippen LogP contribution in [-0.2, 0) is 15.0 Å². The molecule has 2 rings (SSSR count). The van der Waals surface area contributed by atoms with E-state index < -0.39 is 10.2 Å². The van der Waals surface area contributed by atoms with Gasteiger partial charge in [-0.2, -0.15) is 8.42 Å². The summed E-state index contributed by atoms with van der Waals surface area (Å²) in [5.41, 5.74) is 1.20. The minimum Gasteiger partial charge on any atom is -0.300 e. The number of Topliss-reactive ketones (excluding diaryl/α,β-unsaturated/α-hetero) is 1. The average Bonchev–Trinajstić information content (AvgIpc) is 2.69. The minimum absolute atomic E-state index is 0.0317. The quantitative estimate of drug-likeness (QED) is 0.829. The first-order valence-corrected chi connectivity index (χ1v) is 6.92. The summed E-state index contributed by atoms with van der Waals surface area (Å²) in [6, 6.07) is 0. The van der Waals surface area contributed by atoms with Crippen LogP contribution in [-0.4, -0.2) is 23.2 Å². The van der Waals surface area contributed by atoms with Gasteiger partial charge in [-0.05, 0) is 20.3 Å². The molecule has 1 aromatic heterocycles. The largest absolute Gasteiger partial charge is 0.304 e. The number of aromatic nitrogens is 2. The van der Waals surface area contributed by atoms with Crippen LogP contribution in [0.3, 0.4) is 0 Å². The highest BCUT2D eigenvalue weighted by molar-refractivity contribution is 7.87. The van der Waals surface area contributed by atoms with Crippen LogP contribution >= 0.6 is 0 Å². The van der Waals surface area contributed by atoms with E-state index in [1.807, 2.05) is 0 Å². The van der Waals surface area contributed by atoms with E-state index >= 15 is 0 Å². The Balaban J connectivity index is 2.48. The molecule has 0 radical (unpaired) electrons. The number of carbonyl (C=O) groups is 1. The van der Waals surface area contributed by atoms with E-state index in [9.17, 15) is 13.2 Å². The van der Waals surface area contributed by atoms with Crippen LogP contribution < -0.4 is 5.14 Å². The molecular weight excluding hydrogens is 242 g/mol. The molecule has 0 amide bonds. The second-order valence-electron chi connectivity index (χ2n) is 4.42. The zero-order chi connectivity index (χ0) is 12.8. The molecule has 0 saturated heterocycles. The van der Waals surface area contributed by atoms with Crippen molar-refractivity contribution in [1.82, 2.24) is 8.96 Å². The van der Waals surface area contributed by atoms with E-state index in [0.717, 1.165) is 10.4 Å². The van der Waals surface area contributed by atoms with Crippen molar-refractivity contribution in [2.75, 3.05) is 0 Å². The summed E-state index contributed by atoms with van der Waals surface area (Å²) in [6.07, 6.45) is 1.73. The molecule has 1 aliphatic carbocycles. The maximum Gasteiger partial charge on any atom is 0.304 e. The summed E-state index contributed by atoms with van der Waals surface area (Å²) in [7, 11) is -3.82. The molecule has 2 N–H and O–H groups in total. The number of rotatable bonds is 2. The Morgan fingerprint density at radius 3 is 2.47 bits per heavy atom. The van der Waals surface area contributed by atoms with E-state index in [1.54, 1.807) is 13.8 Å². The van der Waals surface area contributed by atoms with Crippen molar-refractivity contribution in [1.29, 1.82) is 0 Å². The molecule has 0 aliphatic heterocycles. The van der Waals surface area contributed by atoms with Gasteiger partial charge in [-0.1, -0.05) is 0 Å². The normalized spacial score (nSPS) is 21.1. The highest BCUT2D eigenvalue weighted by Crippen LogP contribution is 2.33. The molecule has 0 bridgehead atoms. The number of imidazole rings is 1. The molecule has 1 aliphatic rings. The molecule has 0 aromatic carbocycles. The lowest BCUT2D eigenvalue weighted by atomic mass is 10.0. The maximum atomic E-state index is 11.4. The number of nitrogens with zero attached hydrogens (tertiary/aromatic N) is 2. The smallest absolute Gasteiger partial charge is 0.300 e. The summed E-state index contributed by atoms with van der Waals surface area (Å²) in [6.45, 7) is 3.26. The van der Waals surface area contributed by atoms with Crippen molar-refractivity contribution in [3.63, 3.8) is 0 Å². The van der Waals surface area contributed by atoms with E-state index in [2.05, 4.69) is 4.98 Å². The monoisotopic (exact) mass is 257 g/mol. The zero-order valence-corrected chi connectivity index (χ0v) is 10.6. The van der Waals surface area contributed by atoms with Crippen LogP contribution in [0.5, 0.6) is 0 Å². The fourth-order valence-corrected chi connectivity index (χ4v) is 3.34. The van der Waals surface area contributed by atoms with Gasteiger partial charge in [0.05, 0.1) is 11.4 Å². The third-order valence-electron chi connectivity index (χ3n) is 3.14. The maximum absolute atomic E-state index is 11.4. The molecule has 0 spiro atoms. The van der Waals surface area contributed by atoms with Crippen LogP contribution in [0.15, 0.2) is 0 Å². The first-order valence-electron chi connectivity index (χ1n) is 5.41. The lowest BCUT2D eigenvalue weighted by molar-refractivity contribution is -0.117. The Kier molecular flexibility index (Phi) is 2.82. The minimum atomic E-state index is -3.82.